The molecular weight excluding hydrogens is 196 g/mol. The van der Waals surface area contributed by atoms with Gasteiger partial charge in [-0.1, -0.05) is 19.4 Å². The summed E-state index contributed by atoms with van der Waals surface area (Å²) in [5.74, 6) is 2.13. The molecule has 0 amide bonds. The van der Waals surface area contributed by atoms with Crippen LogP contribution in [0.1, 0.15) is 53.4 Å². The molecular formula is C15H22O. The summed E-state index contributed by atoms with van der Waals surface area (Å²) < 4.78 is 0. The third kappa shape index (κ3) is 1.15. The van der Waals surface area contributed by atoms with E-state index in [1.807, 2.05) is 0 Å². The molecule has 0 aromatic rings. The van der Waals surface area contributed by atoms with Crippen molar-refractivity contribution in [1.82, 2.24) is 0 Å². The molecule has 0 saturated heterocycles. The Morgan fingerprint density at radius 1 is 1.25 bits per heavy atom. The maximum absolute atomic E-state index is 12.2. The molecule has 16 heavy (non-hydrogen) atoms. The van der Waals surface area contributed by atoms with Gasteiger partial charge in [-0.25, -0.2) is 0 Å². The molecule has 1 nitrogen and oxygen atoms in total. The van der Waals surface area contributed by atoms with Crippen molar-refractivity contribution in [2.45, 2.75) is 53.4 Å². The van der Waals surface area contributed by atoms with Gasteiger partial charge in [0.05, 0.1) is 0 Å². The van der Waals surface area contributed by atoms with Crippen LogP contribution in [0.3, 0.4) is 0 Å². The average Bonchev–Trinajstić information content (AvgIpc) is 2.69. The number of allylic oxidation sites excluding steroid dienone is 2. The van der Waals surface area contributed by atoms with Crippen molar-refractivity contribution in [2.75, 3.05) is 0 Å². The van der Waals surface area contributed by atoms with Crippen LogP contribution >= 0.6 is 0 Å². The molecule has 0 N–H and O–H groups in total. The maximum Gasteiger partial charge on any atom is 0.159 e. The molecule has 0 spiro atoms. The van der Waals surface area contributed by atoms with Crippen LogP contribution in [0.2, 0.25) is 0 Å². The van der Waals surface area contributed by atoms with E-state index in [1.165, 1.54) is 18.4 Å². The molecule has 3 aliphatic rings. The molecule has 3 rings (SSSR count). The third-order valence-corrected chi connectivity index (χ3v) is 5.72. The lowest BCUT2D eigenvalue weighted by molar-refractivity contribution is -0.121. The van der Waals surface area contributed by atoms with Crippen molar-refractivity contribution in [1.29, 1.82) is 0 Å². The monoisotopic (exact) mass is 218 g/mol. The summed E-state index contributed by atoms with van der Waals surface area (Å²) in [5.41, 5.74) is 3.31. The molecule has 3 aliphatic carbocycles. The van der Waals surface area contributed by atoms with Crippen molar-refractivity contribution in [3.63, 3.8) is 0 Å². The Morgan fingerprint density at radius 3 is 2.56 bits per heavy atom. The van der Waals surface area contributed by atoms with Crippen LogP contribution in [0.4, 0.5) is 0 Å². The smallest absolute Gasteiger partial charge is 0.159 e. The van der Waals surface area contributed by atoms with Crippen LogP contribution < -0.4 is 0 Å². The van der Waals surface area contributed by atoms with Crippen LogP contribution in [0.15, 0.2) is 11.1 Å². The number of carbonyl (C=O) groups is 1. The second-order valence-corrected chi connectivity index (χ2v) is 7.10. The average molecular weight is 218 g/mol. The molecule has 4 unspecified atom stereocenters. The number of ketones is 1. The predicted octanol–water partition coefficient (Wildman–Crippen LogP) is 3.74. The Morgan fingerprint density at radius 2 is 1.94 bits per heavy atom. The topological polar surface area (TPSA) is 17.1 Å². The van der Waals surface area contributed by atoms with E-state index in [1.54, 1.807) is 0 Å². The highest BCUT2D eigenvalue weighted by Crippen LogP contribution is 2.75. The van der Waals surface area contributed by atoms with Crippen molar-refractivity contribution >= 4 is 5.78 Å². The summed E-state index contributed by atoms with van der Waals surface area (Å²) >= 11 is 0. The van der Waals surface area contributed by atoms with Gasteiger partial charge in [0.2, 0.25) is 0 Å². The highest BCUT2D eigenvalue weighted by molar-refractivity contribution is 5.97. The lowest BCUT2D eigenvalue weighted by Gasteiger charge is -2.41. The molecule has 88 valence electrons. The zero-order valence-electron chi connectivity index (χ0n) is 10.9. The van der Waals surface area contributed by atoms with Crippen LogP contribution in [0.5, 0.6) is 0 Å². The van der Waals surface area contributed by atoms with Gasteiger partial charge >= 0.3 is 0 Å². The third-order valence-electron chi connectivity index (χ3n) is 5.72. The summed E-state index contributed by atoms with van der Waals surface area (Å²) in [7, 11) is 0. The van der Waals surface area contributed by atoms with Gasteiger partial charge in [-0.15, -0.1) is 0 Å². The van der Waals surface area contributed by atoms with Crippen molar-refractivity contribution in [3.8, 4) is 0 Å². The lowest BCUT2D eigenvalue weighted by Crippen LogP contribution is -2.37. The van der Waals surface area contributed by atoms with Gasteiger partial charge in [0.1, 0.15) is 0 Å². The SMILES string of the molecule is CC(C)=C1CC2C(C)(CC1=O)CC1CC12C. The minimum absolute atomic E-state index is 0.327. The highest BCUT2D eigenvalue weighted by Gasteiger charge is 2.68. The summed E-state index contributed by atoms with van der Waals surface area (Å²) in [6, 6.07) is 0. The number of hydrogen-bond acceptors (Lipinski definition) is 1. The molecule has 0 aliphatic heterocycles. The van der Waals surface area contributed by atoms with Crippen molar-refractivity contribution < 1.29 is 4.79 Å². The number of Topliss-reactive ketones (excluding diaryl/α,β-unsaturated/α-hetero) is 1. The van der Waals surface area contributed by atoms with Gasteiger partial charge in [-0.2, -0.15) is 0 Å². The first-order valence-corrected chi connectivity index (χ1v) is 6.56. The molecule has 0 bridgehead atoms. The fourth-order valence-electron chi connectivity index (χ4n) is 4.65. The molecule has 0 heterocycles. The van der Waals surface area contributed by atoms with E-state index in [4.69, 9.17) is 0 Å². The first-order chi connectivity index (χ1) is 7.37. The standard InChI is InChI=1S/C15H22O/c1-9(2)11-5-13-14(3,8-12(11)16)6-10-7-15(10,13)4/h10,13H,5-8H2,1-4H3. The van der Waals surface area contributed by atoms with Gasteiger partial charge in [0.15, 0.2) is 5.78 Å². The van der Waals surface area contributed by atoms with E-state index >= 15 is 0 Å². The predicted molar refractivity (Wildman–Crippen MR) is 65.0 cm³/mol. The Hall–Kier alpha value is -0.590. The fraction of sp³-hybridized carbons (Fsp3) is 0.800. The van der Waals surface area contributed by atoms with E-state index in [-0.39, 0.29) is 0 Å². The largest absolute Gasteiger partial charge is 0.295 e. The second kappa shape index (κ2) is 2.80. The van der Waals surface area contributed by atoms with Crippen molar-refractivity contribution in [2.24, 2.45) is 22.7 Å². The molecule has 4 atom stereocenters. The number of hydrogen-bond donors (Lipinski definition) is 0. The van der Waals surface area contributed by atoms with Gasteiger partial charge in [0.25, 0.3) is 0 Å². The van der Waals surface area contributed by atoms with Gasteiger partial charge in [-0.3, -0.25) is 4.79 Å². The normalized spacial score (nSPS) is 50.0. The van der Waals surface area contributed by atoms with E-state index in [0.29, 0.717) is 16.6 Å². The second-order valence-electron chi connectivity index (χ2n) is 7.10. The van der Waals surface area contributed by atoms with E-state index in [2.05, 4.69) is 27.7 Å². The minimum Gasteiger partial charge on any atom is -0.295 e. The minimum atomic E-state index is 0.327. The maximum atomic E-state index is 12.2. The molecule has 0 radical (unpaired) electrons. The quantitative estimate of drug-likeness (QED) is 0.566. The molecule has 3 fully saturated rings. The summed E-state index contributed by atoms with van der Waals surface area (Å²) in [6.07, 6.45) is 4.59. The number of carbonyl (C=O) groups excluding carboxylic acids is 1. The van der Waals surface area contributed by atoms with E-state index in [9.17, 15) is 4.79 Å². The summed E-state index contributed by atoms with van der Waals surface area (Å²) in [6.45, 7) is 9.00. The Bertz CT molecular complexity index is 402. The van der Waals surface area contributed by atoms with Crippen molar-refractivity contribution in [3.05, 3.63) is 11.1 Å². The highest BCUT2D eigenvalue weighted by atomic mass is 16.1. The Kier molecular flexibility index (Phi) is 1.85. The van der Waals surface area contributed by atoms with Crippen LogP contribution in [-0.4, -0.2) is 5.78 Å². The summed E-state index contributed by atoms with van der Waals surface area (Å²) in [4.78, 5) is 12.2. The van der Waals surface area contributed by atoms with Crippen LogP contribution in [0.25, 0.3) is 0 Å². The van der Waals surface area contributed by atoms with E-state index in [0.717, 1.165) is 30.3 Å². The molecule has 1 heteroatoms. The fourth-order valence-corrected chi connectivity index (χ4v) is 4.65. The van der Waals surface area contributed by atoms with Gasteiger partial charge in [-0.05, 0) is 61.3 Å². The van der Waals surface area contributed by atoms with Gasteiger partial charge < -0.3 is 0 Å². The molecule has 0 aromatic carbocycles. The molecule has 3 saturated carbocycles. The van der Waals surface area contributed by atoms with Crippen LogP contribution in [0, 0.1) is 22.7 Å². The number of fused-ring (bicyclic) bond motifs is 3. The Balaban J connectivity index is 1.98. The first kappa shape index (κ1) is 10.6. The summed E-state index contributed by atoms with van der Waals surface area (Å²) in [5, 5.41) is 0. The zero-order chi connectivity index (χ0) is 11.7. The lowest BCUT2D eigenvalue weighted by atomic mass is 9.62. The number of rotatable bonds is 0. The Labute approximate surface area is 98.3 Å². The van der Waals surface area contributed by atoms with E-state index < -0.39 is 0 Å². The first-order valence-electron chi connectivity index (χ1n) is 6.56. The van der Waals surface area contributed by atoms with Crippen LogP contribution in [-0.2, 0) is 4.79 Å². The zero-order valence-corrected chi connectivity index (χ0v) is 10.9. The molecule has 0 aromatic heterocycles. The van der Waals surface area contributed by atoms with Gasteiger partial charge in [0, 0.05) is 6.42 Å².